The van der Waals surface area contributed by atoms with E-state index in [4.69, 9.17) is 5.11 Å². The fourth-order valence-corrected chi connectivity index (χ4v) is 1.53. The molecule has 90 valence electrons. The van der Waals surface area contributed by atoms with Gasteiger partial charge in [0.1, 0.15) is 5.69 Å². The molecule has 1 aromatic carbocycles. The molecule has 2 rings (SSSR count). The number of nitro groups is 1. The zero-order chi connectivity index (χ0) is 13.1. The molecule has 6 heteroatoms. The molecular formula is C12H8N2O4. The molecule has 0 aliphatic rings. The maximum absolute atomic E-state index is 10.9. The topological polar surface area (TPSA) is 93.3 Å². The summed E-state index contributed by atoms with van der Waals surface area (Å²) in [7, 11) is 0. The Bertz CT molecular complexity index is 611. The van der Waals surface area contributed by atoms with Gasteiger partial charge in [0.2, 0.25) is 0 Å². The van der Waals surface area contributed by atoms with Crippen LogP contribution in [-0.2, 0) is 0 Å². The molecule has 18 heavy (non-hydrogen) atoms. The van der Waals surface area contributed by atoms with Crippen molar-refractivity contribution in [3.05, 3.63) is 58.3 Å². The van der Waals surface area contributed by atoms with Gasteiger partial charge in [-0.2, -0.15) is 0 Å². The van der Waals surface area contributed by atoms with E-state index in [-0.39, 0.29) is 16.9 Å². The minimum atomic E-state index is -1.25. The van der Waals surface area contributed by atoms with Crippen molar-refractivity contribution < 1.29 is 14.8 Å². The summed E-state index contributed by atoms with van der Waals surface area (Å²) >= 11 is 0. The highest BCUT2D eigenvalue weighted by atomic mass is 16.6. The number of benzene rings is 1. The number of aromatic carboxylic acids is 1. The van der Waals surface area contributed by atoms with Crippen molar-refractivity contribution in [3.8, 4) is 11.3 Å². The lowest BCUT2D eigenvalue weighted by Crippen LogP contribution is -2.01. The first-order valence-electron chi connectivity index (χ1n) is 5.03. The van der Waals surface area contributed by atoms with Gasteiger partial charge >= 0.3 is 5.97 Å². The summed E-state index contributed by atoms with van der Waals surface area (Å²) in [4.78, 5) is 24.9. The molecule has 0 aliphatic carbocycles. The van der Waals surface area contributed by atoms with Gasteiger partial charge in [0.25, 0.3) is 5.69 Å². The van der Waals surface area contributed by atoms with E-state index in [1.165, 1.54) is 0 Å². The molecule has 1 heterocycles. The fourth-order valence-electron chi connectivity index (χ4n) is 1.53. The number of carbonyl (C=O) groups is 1. The lowest BCUT2D eigenvalue weighted by Gasteiger charge is -2.03. The summed E-state index contributed by atoms with van der Waals surface area (Å²) in [5.74, 6) is -1.25. The molecule has 1 N–H and O–H groups in total. The molecule has 0 saturated carbocycles. The van der Waals surface area contributed by atoms with Crippen molar-refractivity contribution in [2.45, 2.75) is 0 Å². The zero-order valence-electron chi connectivity index (χ0n) is 9.11. The average molecular weight is 244 g/mol. The number of hydrogen-bond acceptors (Lipinski definition) is 4. The maximum Gasteiger partial charge on any atom is 0.337 e. The monoisotopic (exact) mass is 244 g/mol. The predicted molar refractivity (Wildman–Crippen MR) is 63.3 cm³/mol. The molecule has 6 nitrogen and oxygen atoms in total. The molecule has 0 fully saturated rings. The second-order valence-electron chi connectivity index (χ2n) is 3.52. The smallest absolute Gasteiger partial charge is 0.337 e. The van der Waals surface area contributed by atoms with Crippen molar-refractivity contribution >= 4 is 11.7 Å². The second-order valence-corrected chi connectivity index (χ2v) is 3.52. The molecule has 0 aliphatic heterocycles. The van der Waals surface area contributed by atoms with E-state index >= 15 is 0 Å². The molecule has 0 saturated heterocycles. The summed E-state index contributed by atoms with van der Waals surface area (Å²) in [6.07, 6.45) is 1.11. The van der Waals surface area contributed by atoms with Gasteiger partial charge in [-0.15, -0.1) is 0 Å². The summed E-state index contributed by atoms with van der Waals surface area (Å²) in [5.41, 5.74) is 0.203. The highest BCUT2D eigenvalue weighted by Crippen LogP contribution is 2.28. The first-order chi connectivity index (χ1) is 8.59. The van der Waals surface area contributed by atoms with Crippen molar-refractivity contribution in [2.24, 2.45) is 0 Å². The Labute approximate surface area is 102 Å². The SMILES string of the molecule is O=C(O)c1cnc(-c2ccccc2)c([N+](=O)[O-])c1. The number of hydrogen-bond donors (Lipinski definition) is 1. The maximum atomic E-state index is 10.9. The van der Waals surface area contributed by atoms with E-state index in [1.54, 1.807) is 30.3 Å². The molecule has 0 amide bonds. The van der Waals surface area contributed by atoms with Gasteiger partial charge in [0, 0.05) is 17.8 Å². The van der Waals surface area contributed by atoms with Crippen LogP contribution in [0.4, 0.5) is 5.69 Å². The quantitative estimate of drug-likeness (QED) is 0.660. The lowest BCUT2D eigenvalue weighted by atomic mass is 10.1. The first-order valence-corrected chi connectivity index (χ1v) is 5.03. The number of aromatic nitrogens is 1. The van der Waals surface area contributed by atoms with Crippen LogP contribution >= 0.6 is 0 Å². The van der Waals surface area contributed by atoms with Crippen molar-refractivity contribution in [1.82, 2.24) is 4.98 Å². The van der Waals surface area contributed by atoms with Gasteiger partial charge in [0.15, 0.2) is 0 Å². The molecular weight excluding hydrogens is 236 g/mol. The van der Waals surface area contributed by atoms with Crippen LogP contribution in [0.3, 0.4) is 0 Å². The Balaban J connectivity index is 2.61. The van der Waals surface area contributed by atoms with E-state index in [2.05, 4.69) is 4.98 Å². The molecule has 2 aromatic rings. The molecule has 0 atom stereocenters. The van der Waals surface area contributed by atoms with Crippen LogP contribution < -0.4 is 0 Å². The van der Waals surface area contributed by atoms with Crippen LogP contribution in [0.5, 0.6) is 0 Å². The number of nitrogens with zero attached hydrogens (tertiary/aromatic N) is 2. The number of rotatable bonds is 3. The van der Waals surface area contributed by atoms with E-state index in [1.807, 2.05) is 0 Å². The van der Waals surface area contributed by atoms with Crippen LogP contribution in [0.2, 0.25) is 0 Å². The minimum absolute atomic E-state index is 0.158. The normalized spacial score (nSPS) is 10.0. The summed E-state index contributed by atoms with van der Waals surface area (Å²) in [5, 5.41) is 19.7. The van der Waals surface area contributed by atoms with Crippen LogP contribution in [0.15, 0.2) is 42.6 Å². The Morgan fingerprint density at radius 3 is 2.50 bits per heavy atom. The largest absolute Gasteiger partial charge is 0.478 e. The molecule has 0 unspecified atom stereocenters. The average Bonchev–Trinajstić information content (AvgIpc) is 2.39. The van der Waals surface area contributed by atoms with Crippen molar-refractivity contribution in [3.63, 3.8) is 0 Å². The zero-order valence-corrected chi connectivity index (χ0v) is 9.11. The molecule has 0 bridgehead atoms. The Morgan fingerprint density at radius 2 is 1.94 bits per heavy atom. The predicted octanol–water partition coefficient (Wildman–Crippen LogP) is 2.36. The highest BCUT2D eigenvalue weighted by molar-refractivity contribution is 5.89. The van der Waals surface area contributed by atoms with Gasteiger partial charge in [0.05, 0.1) is 10.5 Å². The van der Waals surface area contributed by atoms with Gasteiger partial charge in [-0.25, -0.2) is 9.78 Å². The van der Waals surface area contributed by atoms with Gasteiger partial charge in [-0.1, -0.05) is 30.3 Å². The Kier molecular flexibility index (Phi) is 3.01. The summed E-state index contributed by atoms with van der Waals surface area (Å²) in [6.45, 7) is 0. The number of pyridine rings is 1. The summed E-state index contributed by atoms with van der Waals surface area (Å²) in [6, 6.07) is 9.60. The highest BCUT2D eigenvalue weighted by Gasteiger charge is 2.19. The van der Waals surface area contributed by atoms with Crippen LogP contribution in [0.1, 0.15) is 10.4 Å². The van der Waals surface area contributed by atoms with Crippen LogP contribution in [-0.4, -0.2) is 21.0 Å². The van der Waals surface area contributed by atoms with Crippen molar-refractivity contribution in [1.29, 1.82) is 0 Å². The molecule has 0 radical (unpaired) electrons. The third-order valence-electron chi connectivity index (χ3n) is 2.36. The minimum Gasteiger partial charge on any atom is -0.478 e. The van der Waals surface area contributed by atoms with Gasteiger partial charge in [-0.3, -0.25) is 10.1 Å². The lowest BCUT2D eigenvalue weighted by molar-refractivity contribution is -0.384. The van der Waals surface area contributed by atoms with E-state index in [0.29, 0.717) is 5.56 Å². The third-order valence-corrected chi connectivity index (χ3v) is 2.36. The Morgan fingerprint density at radius 1 is 1.28 bits per heavy atom. The van der Waals surface area contributed by atoms with E-state index < -0.39 is 10.9 Å². The second kappa shape index (κ2) is 4.62. The fraction of sp³-hybridized carbons (Fsp3) is 0. The molecule has 0 spiro atoms. The molecule has 1 aromatic heterocycles. The van der Waals surface area contributed by atoms with Crippen LogP contribution in [0.25, 0.3) is 11.3 Å². The van der Waals surface area contributed by atoms with Gasteiger partial charge < -0.3 is 5.11 Å². The standard InChI is InChI=1S/C12H8N2O4/c15-12(16)9-6-10(14(17)18)11(13-7-9)8-4-2-1-3-5-8/h1-7H,(H,15,16). The third kappa shape index (κ3) is 2.17. The number of carboxylic acid groups (broad SMARTS) is 1. The van der Waals surface area contributed by atoms with Crippen molar-refractivity contribution in [2.75, 3.05) is 0 Å². The van der Waals surface area contributed by atoms with E-state index in [9.17, 15) is 14.9 Å². The van der Waals surface area contributed by atoms with Gasteiger partial charge in [-0.05, 0) is 0 Å². The Hall–Kier alpha value is -2.76. The van der Waals surface area contributed by atoms with E-state index in [0.717, 1.165) is 12.3 Å². The summed E-state index contributed by atoms with van der Waals surface area (Å²) < 4.78 is 0. The first kappa shape index (κ1) is 11.7. The number of carboxylic acids is 1. The van der Waals surface area contributed by atoms with Crippen LogP contribution in [0, 0.1) is 10.1 Å².